The zero-order chi connectivity index (χ0) is 19.0. The number of hydrogen-bond donors (Lipinski definition) is 2. The smallest absolute Gasteiger partial charge is 0.408 e. The minimum atomic E-state index is -1.14. The van der Waals surface area contributed by atoms with Gasteiger partial charge in [-0.05, 0) is 38.8 Å². The topological polar surface area (TPSA) is 105 Å². The number of carbonyl (C=O) groups is 3. The van der Waals surface area contributed by atoms with Crippen LogP contribution in [0.2, 0.25) is 0 Å². The van der Waals surface area contributed by atoms with Crippen molar-refractivity contribution in [1.29, 1.82) is 0 Å². The monoisotopic (exact) mass is 348 g/mol. The summed E-state index contributed by atoms with van der Waals surface area (Å²) in [4.78, 5) is 37.9. The van der Waals surface area contributed by atoms with Gasteiger partial charge in [0.1, 0.15) is 11.6 Å². The highest BCUT2D eigenvalue weighted by molar-refractivity contribution is 5.84. The maximum atomic E-state index is 11.7. The van der Waals surface area contributed by atoms with Gasteiger partial charge in [0.25, 0.3) is 0 Å². The van der Waals surface area contributed by atoms with Gasteiger partial charge in [0.15, 0.2) is 5.78 Å². The summed E-state index contributed by atoms with van der Waals surface area (Å²) in [6.07, 6.45) is 0.936. The normalized spacial score (nSPS) is 12.6. The number of nitrogens with zero attached hydrogens (tertiary/aromatic N) is 1. The molecule has 0 aliphatic heterocycles. The summed E-state index contributed by atoms with van der Waals surface area (Å²) in [5.74, 6) is -1.16. The first kappa shape index (κ1) is 20.3. The minimum absolute atomic E-state index is 0.0228. The Labute approximate surface area is 147 Å². The van der Waals surface area contributed by atoms with Crippen LogP contribution in [0.1, 0.15) is 38.8 Å². The minimum Gasteiger partial charge on any atom is -0.480 e. The highest BCUT2D eigenvalue weighted by atomic mass is 16.6. The first-order valence-corrected chi connectivity index (χ1v) is 7.87. The number of carboxylic acid groups (broad SMARTS) is 1. The lowest BCUT2D eigenvalue weighted by molar-refractivity contribution is -0.139. The maximum absolute atomic E-state index is 11.7. The van der Waals surface area contributed by atoms with Crippen molar-refractivity contribution < 1.29 is 24.2 Å². The number of amides is 1. The summed E-state index contributed by atoms with van der Waals surface area (Å²) in [5, 5.41) is 11.6. The van der Waals surface area contributed by atoms with Crippen molar-refractivity contribution in [2.45, 2.75) is 45.8 Å². The SMILES string of the molecule is CC(=O)CN=Cc1ccc(CC(NC(=O)OC(C)(C)C)C(=O)O)cc1. The van der Waals surface area contributed by atoms with Crippen LogP contribution in [0, 0.1) is 0 Å². The summed E-state index contributed by atoms with van der Waals surface area (Å²) in [7, 11) is 0. The molecule has 1 amide bonds. The van der Waals surface area contributed by atoms with Crippen LogP contribution in [-0.2, 0) is 20.7 Å². The van der Waals surface area contributed by atoms with Crippen LogP contribution in [0.25, 0.3) is 0 Å². The molecule has 136 valence electrons. The molecule has 0 bridgehead atoms. The second-order valence-corrected chi connectivity index (χ2v) is 6.65. The number of benzene rings is 1. The van der Waals surface area contributed by atoms with Gasteiger partial charge in [0, 0.05) is 12.6 Å². The molecule has 0 saturated heterocycles. The van der Waals surface area contributed by atoms with E-state index in [-0.39, 0.29) is 18.7 Å². The fourth-order valence-electron chi connectivity index (χ4n) is 1.90. The van der Waals surface area contributed by atoms with E-state index < -0.39 is 23.7 Å². The average Bonchev–Trinajstić information content (AvgIpc) is 2.46. The Hall–Kier alpha value is -2.70. The molecule has 0 saturated carbocycles. The third-order valence-electron chi connectivity index (χ3n) is 2.96. The maximum Gasteiger partial charge on any atom is 0.408 e. The van der Waals surface area contributed by atoms with Gasteiger partial charge in [-0.15, -0.1) is 0 Å². The third kappa shape index (κ3) is 8.64. The van der Waals surface area contributed by atoms with Crippen LogP contribution in [0.4, 0.5) is 4.79 Å². The summed E-state index contributed by atoms with van der Waals surface area (Å²) in [5.41, 5.74) is 0.845. The van der Waals surface area contributed by atoms with Crippen molar-refractivity contribution >= 4 is 24.1 Å². The molecule has 25 heavy (non-hydrogen) atoms. The number of alkyl carbamates (subject to hydrolysis) is 1. The van der Waals surface area contributed by atoms with Crippen molar-refractivity contribution in [2.75, 3.05) is 6.54 Å². The predicted molar refractivity (Wildman–Crippen MR) is 94.1 cm³/mol. The second-order valence-electron chi connectivity index (χ2n) is 6.65. The Morgan fingerprint density at radius 1 is 1.24 bits per heavy atom. The van der Waals surface area contributed by atoms with E-state index in [1.54, 1.807) is 51.3 Å². The molecule has 0 radical (unpaired) electrons. The molecule has 1 unspecified atom stereocenters. The van der Waals surface area contributed by atoms with Crippen LogP contribution < -0.4 is 5.32 Å². The van der Waals surface area contributed by atoms with E-state index in [0.29, 0.717) is 0 Å². The lowest BCUT2D eigenvalue weighted by Gasteiger charge is -2.22. The molecule has 0 aromatic heterocycles. The van der Waals surface area contributed by atoms with Crippen LogP contribution in [0.15, 0.2) is 29.3 Å². The van der Waals surface area contributed by atoms with Crippen molar-refractivity contribution in [3.63, 3.8) is 0 Å². The Morgan fingerprint density at radius 2 is 1.84 bits per heavy atom. The molecule has 0 aliphatic carbocycles. The summed E-state index contributed by atoms with van der Waals surface area (Å²) in [6.45, 7) is 6.70. The van der Waals surface area contributed by atoms with Crippen LogP contribution in [0.3, 0.4) is 0 Å². The predicted octanol–water partition coefficient (Wildman–Crippen LogP) is 2.21. The van der Waals surface area contributed by atoms with E-state index in [4.69, 9.17) is 4.74 Å². The molecule has 1 aromatic rings. The first-order chi connectivity index (χ1) is 11.6. The zero-order valence-corrected chi connectivity index (χ0v) is 14.9. The van der Waals surface area contributed by atoms with E-state index in [2.05, 4.69) is 10.3 Å². The third-order valence-corrected chi connectivity index (χ3v) is 2.96. The van der Waals surface area contributed by atoms with Gasteiger partial charge in [-0.2, -0.15) is 0 Å². The lowest BCUT2D eigenvalue weighted by Crippen LogP contribution is -2.44. The fourth-order valence-corrected chi connectivity index (χ4v) is 1.90. The van der Waals surface area contributed by atoms with Gasteiger partial charge in [0.05, 0.1) is 6.54 Å². The first-order valence-electron chi connectivity index (χ1n) is 7.87. The Bertz CT molecular complexity index is 644. The van der Waals surface area contributed by atoms with Crippen LogP contribution >= 0.6 is 0 Å². The number of aliphatic carboxylic acids is 1. The van der Waals surface area contributed by atoms with E-state index in [1.165, 1.54) is 6.92 Å². The number of aliphatic imine (C=N–C) groups is 1. The molecular formula is C18H24N2O5. The quantitative estimate of drug-likeness (QED) is 0.735. The van der Waals surface area contributed by atoms with Gasteiger partial charge >= 0.3 is 12.1 Å². The number of rotatable bonds is 7. The molecule has 7 nitrogen and oxygen atoms in total. The van der Waals surface area contributed by atoms with E-state index in [9.17, 15) is 19.5 Å². The fraction of sp³-hybridized carbons (Fsp3) is 0.444. The Balaban J connectivity index is 2.69. The number of Topliss-reactive ketones (excluding diaryl/α,β-unsaturated/α-hetero) is 1. The van der Waals surface area contributed by atoms with Gasteiger partial charge in [-0.25, -0.2) is 9.59 Å². The number of carbonyl (C=O) groups excluding carboxylic acids is 2. The van der Waals surface area contributed by atoms with Gasteiger partial charge < -0.3 is 15.2 Å². The largest absolute Gasteiger partial charge is 0.480 e. The molecule has 0 spiro atoms. The van der Waals surface area contributed by atoms with Gasteiger partial charge in [-0.1, -0.05) is 24.3 Å². The molecule has 1 aromatic carbocycles. The van der Waals surface area contributed by atoms with E-state index in [1.807, 2.05) is 0 Å². The molecule has 0 aliphatic rings. The van der Waals surface area contributed by atoms with Crippen molar-refractivity contribution in [3.05, 3.63) is 35.4 Å². The average molecular weight is 348 g/mol. The van der Waals surface area contributed by atoms with Gasteiger partial charge in [-0.3, -0.25) is 9.79 Å². The van der Waals surface area contributed by atoms with Crippen molar-refractivity contribution in [1.82, 2.24) is 5.32 Å². The van der Waals surface area contributed by atoms with Crippen LogP contribution in [0.5, 0.6) is 0 Å². The van der Waals surface area contributed by atoms with E-state index >= 15 is 0 Å². The number of ketones is 1. The molecular weight excluding hydrogens is 324 g/mol. The summed E-state index contributed by atoms with van der Waals surface area (Å²) < 4.78 is 5.08. The molecule has 2 N–H and O–H groups in total. The highest BCUT2D eigenvalue weighted by Crippen LogP contribution is 2.09. The second kappa shape index (κ2) is 8.96. The Morgan fingerprint density at radius 3 is 2.32 bits per heavy atom. The van der Waals surface area contributed by atoms with Gasteiger partial charge in [0.2, 0.25) is 0 Å². The molecule has 1 rings (SSSR count). The van der Waals surface area contributed by atoms with E-state index in [0.717, 1.165) is 11.1 Å². The lowest BCUT2D eigenvalue weighted by atomic mass is 10.0. The standard InChI is InChI=1S/C18H24N2O5/c1-12(21)10-19-11-14-7-5-13(6-8-14)9-15(16(22)23)20-17(24)25-18(2,3)4/h5-8,11,15H,9-10H2,1-4H3,(H,20,24)(H,22,23). The number of carboxylic acids is 1. The van der Waals surface area contributed by atoms with Crippen LogP contribution in [-0.4, -0.2) is 47.4 Å². The van der Waals surface area contributed by atoms with Crippen molar-refractivity contribution in [3.8, 4) is 0 Å². The molecule has 0 heterocycles. The summed E-state index contributed by atoms with van der Waals surface area (Å²) in [6, 6.07) is 5.95. The molecule has 7 heteroatoms. The molecule has 1 atom stereocenters. The Kier molecular flexibility index (Phi) is 7.29. The summed E-state index contributed by atoms with van der Waals surface area (Å²) >= 11 is 0. The molecule has 0 fully saturated rings. The number of ether oxygens (including phenoxy) is 1. The number of hydrogen-bond acceptors (Lipinski definition) is 5. The van der Waals surface area contributed by atoms with Crippen molar-refractivity contribution in [2.24, 2.45) is 4.99 Å². The number of nitrogens with one attached hydrogen (secondary N) is 1. The zero-order valence-electron chi connectivity index (χ0n) is 14.9. The highest BCUT2D eigenvalue weighted by Gasteiger charge is 2.24.